The van der Waals surface area contributed by atoms with Crippen LogP contribution >= 0.6 is 11.6 Å². The second kappa shape index (κ2) is 6.58. The van der Waals surface area contributed by atoms with Crippen LogP contribution in [0.3, 0.4) is 0 Å². The molecule has 0 aromatic heterocycles. The van der Waals surface area contributed by atoms with E-state index in [1.165, 1.54) is 11.3 Å². The minimum Gasteiger partial charge on any atom is -0.371 e. The van der Waals surface area contributed by atoms with E-state index in [1.807, 2.05) is 6.07 Å². The summed E-state index contributed by atoms with van der Waals surface area (Å²) >= 11 is 6.19. The monoisotopic (exact) mass is 310 g/mol. The number of halogens is 1. The summed E-state index contributed by atoms with van der Waals surface area (Å²) in [6, 6.07) is 6.61. The van der Waals surface area contributed by atoms with Gasteiger partial charge in [0.1, 0.15) is 0 Å². The van der Waals surface area contributed by atoms with Gasteiger partial charge in [0.05, 0.1) is 0 Å². The lowest BCUT2D eigenvalue weighted by Gasteiger charge is -2.38. The fraction of sp³-hybridized carbons (Fsp3) is 0.667. The van der Waals surface area contributed by atoms with E-state index < -0.39 is 0 Å². The van der Waals surface area contributed by atoms with Gasteiger partial charge < -0.3 is 10.2 Å². The maximum atomic E-state index is 6.19. The normalized spacial score (nSPS) is 14.1. The zero-order chi connectivity index (χ0) is 16.4. The number of nitrogens with one attached hydrogen (secondary N) is 1. The molecule has 1 aromatic rings. The number of anilines is 1. The number of nitrogens with zero attached hydrogens (tertiary/aromatic N) is 1. The van der Waals surface area contributed by atoms with E-state index in [2.05, 4.69) is 77.9 Å². The average molecular weight is 311 g/mol. The Bertz CT molecular complexity index is 469. The number of benzene rings is 1. The van der Waals surface area contributed by atoms with E-state index in [0.717, 1.165) is 11.6 Å². The van der Waals surface area contributed by atoms with Gasteiger partial charge in [0.2, 0.25) is 0 Å². The van der Waals surface area contributed by atoms with Crippen LogP contribution < -0.4 is 10.2 Å². The first-order chi connectivity index (χ1) is 9.42. The summed E-state index contributed by atoms with van der Waals surface area (Å²) in [5, 5.41) is 4.35. The lowest BCUT2D eigenvalue weighted by Crippen LogP contribution is -2.40. The maximum absolute atomic E-state index is 6.19. The fourth-order valence-corrected chi connectivity index (χ4v) is 2.38. The number of rotatable bonds is 4. The van der Waals surface area contributed by atoms with E-state index in [-0.39, 0.29) is 11.0 Å². The zero-order valence-electron chi connectivity index (χ0n) is 14.8. The molecule has 1 aromatic carbocycles. The van der Waals surface area contributed by atoms with Gasteiger partial charge in [-0.05, 0) is 56.9 Å². The van der Waals surface area contributed by atoms with Crippen LogP contribution in [-0.4, -0.2) is 18.6 Å². The lowest BCUT2D eigenvalue weighted by molar-refractivity contribution is 0.329. The molecule has 0 saturated heterocycles. The van der Waals surface area contributed by atoms with Gasteiger partial charge in [-0.3, -0.25) is 0 Å². The van der Waals surface area contributed by atoms with Crippen molar-refractivity contribution in [3.05, 3.63) is 28.8 Å². The Morgan fingerprint density at radius 1 is 1.14 bits per heavy atom. The average Bonchev–Trinajstić information content (AvgIpc) is 2.32. The third-order valence-corrected chi connectivity index (χ3v) is 4.30. The zero-order valence-corrected chi connectivity index (χ0v) is 15.6. The molecule has 0 amide bonds. The summed E-state index contributed by atoms with van der Waals surface area (Å²) in [6.45, 7) is 16.5. The van der Waals surface area contributed by atoms with Crippen molar-refractivity contribution in [3.8, 4) is 0 Å². The Kier molecular flexibility index (Phi) is 5.74. The van der Waals surface area contributed by atoms with Crippen molar-refractivity contribution in [2.75, 3.05) is 11.9 Å². The second-order valence-corrected chi connectivity index (χ2v) is 8.47. The Labute approximate surface area is 135 Å². The molecule has 1 unspecified atom stereocenters. The predicted molar refractivity (Wildman–Crippen MR) is 95.4 cm³/mol. The smallest absolute Gasteiger partial charge is 0.0412 e. The van der Waals surface area contributed by atoms with Crippen molar-refractivity contribution in [1.29, 1.82) is 0 Å². The van der Waals surface area contributed by atoms with Gasteiger partial charge in [0.15, 0.2) is 0 Å². The SMILES string of the molecule is CC(N(C)c1ccc(Cl)cc1CNC(C)(C)C)C(C)(C)C. The largest absolute Gasteiger partial charge is 0.371 e. The van der Waals surface area contributed by atoms with Crippen molar-refractivity contribution in [1.82, 2.24) is 5.32 Å². The summed E-state index contributed by atoms with van der Waals surface area (Å²) in [7, 11) is 2.17. The highest BCUT2D eigenvalue weighted by Gasteiger charge is 2.25. The molecule has 3 heteroatoms. The quantitative estimate of drug-likeness (QED) is 0.832. The van der Waals surface area contributed by atoms with Gasteiger partial charge in [0, 0.05) is 35.9 Å². The van der Waals surface area contributed by atoms with Gasteiger partial charge >= 0.3 is 0 Å². The third-order valence-electron chi connectivity index (χ3n) is 4.06. The molecule has 0 spiro atoms. The van der Waals surface area contributed by atoms with Crippen LogP contribution in [0.5, 0.6) is 0 Å². The maximum Gasteiger partial charge on any atom is 0.0412 e. The molecule has 0 saturated carbocycles. The number of hydrogen-bond donors (Lipinski definition) is 1. The van der Waals surface area contributed by atoms with Crippen LogP contribution in [0.15, 0.2) is 18.2 Å². The minimum absolute atomic E-state index is 0.0911. The topological polar surface area (TPSA) is 15.3 Å². The Balaban J connectivity index is 3.06. The second-order valence-electron chi connectivity index (χ2n) is 8.03. The van der Waals surface area contributed by atoms with E-state index in [9.17, 15) is 0 Å². The van der Waals surface area contributed by atoms with Crippen molar-refractivity contribution in [3.63, 3.8) is 0 Å². The first kappa shape index (κ1) is 18.3. The highest BCUT2D eigenvalue weighted by atomic mass is 35.5. The first-order valence-electron chi connectivity index (χ1n) is 7.68. The molecule has 0 heterocycles. The van der Waals surface area contributed by atoms with E-state index >= 15 is 0 Å². The summed E-state index contributed by atoms with van der Waals surface area (Å²) in [6.07, 6.45) is 0. The van der Waals surface area contributed by atoms with Crippen molar-refractivity contribution in [2.45, 2.75) is 66.6 Å². The summed E-state index contributed by atoms with van der Waals surface area (Å²) < 4.78 is 0. The highest BCUT2D eigenvalue weighted by Crippen LogP contribution is 2.31. The highest BCUT2D eigenvalue weighted by molar-refractivity contribution is 6.30. The predicted octanol–water partition coefficient (Wildman–Crippen LogP) is 5.10. The molecule has 0 aliphatic heterocycles. The van der Waals surface area contributed by atoms with E-state index in [1.54, 1.807) is 0 Å². The van der Waals surface area contributed by atoms with Gasteiger partial charge in [-0.15, -0.1) is 0 Å². The molecular weight excluding hydrogens is 280 g/mol. The van der Waals surface area contributed by atoms with Crippen LogP contribution in [0.25, 0.3) is 0 Å². The van der Waals surface area contributed by atoms with Crippen LogP contribution in [0, 0.1) is 5.41 Å². The van der Waals surface area contributed by atoms with Crippen LogP contribution in [-0.2, 0) is 6.54 Å². The Hall–Kier alpha value is -0.730. The molecule has 21 heavy (non-hydrogen) atoms. The summed E-state index contributed by atoms with van der Waals surface area (Å²) in [4.78, 5) is 2.36. The van der Waals surface area contributed by atoms with Crippen molar-refractivity contribution < 1.29 is 0 Å². The molecule has 1 rings (SSSR count). The lowest BCUT2D eigenvalue weighted by atomic mass is 9.86. The Morgan fingerprint density at radius 2 is 1.71 bits per heavy atom. The molecule has 0 radical (unpaired) electrons. The van der Waals surface area contributed by atoms with Crippen molar-refractivity contribution >= 4 is 17.3 Å². The fourth-order valence-electron chi connectivity index (χ4n) is 2.19. The molecule has 1 N–H and O–H groups in total. The van der Waals surface area contributed by atoms with Gasteiger partial charge in [-0.1, -0.05) is 32.4 Å². The Morgan fingerprint density at radius 3 is 2.19 bits per heavy atom. The van der Waals surface area contributed by atoms with E-state index in [0.29, 0.717) is 6.04 Å². The van der Waals surface area contributed by atoms with Gasteiger partial charge in [-0.25, -0.2) is 0 Å². The molecule has 0 aliphatic rings. The molecule has 1 atom stereocenters. The van der Waals surface area contributed by atoms with Crippen LogP contribution in [0.4, 0.5) is 5.69 Å². The van der Waals surface area contributed by atoms with E-state index in [4.69, 9.17) is 11.6 Å². The molecule has 2 nitrogen and oxygen atoms in total. The summed E-state index contributed by atoms with van der Waals surface area (Å²) in [5.41, 5.74) is 2.81. The third kappa shape index (κ3) is 5.52. The van der Waals surface area contributed by atoms with Gasteiger partial charge in [-0.2, -0.15) is 0 Å². The van der Waals surface area contributed by atoms with Crippen LogP contribution in [0.1, 0.15) is 54.0 Å². The summed E-state index contributed by atoms with van der Waals surface area (Å²) in [5.74, 6) is 0. The molecule has 0 fully saturated rings. The minimum atomic E-state index is 0.0911. The van der Waals surface area contributed by atoms with Crippen LogP contribution in [0.2, 0.25) is 5.02 Å². The molecule has 0 bridgehead atoms. The van der Waals surface area contributed by atoms with Gasteiger partial charge in [0.25, 0.3) is 0 Å². The molecule has 0 aliphatic carbocycles. The molecule has 120 valence electrons. The first-order valence-corrected chi connectivity index (χ1v) is 8.06. The standard InChI is InChI=1S/C18H31ClN2/c1-13(17(2,3)4)21(8)16-10-9-15(19)11-14(16)12-20-18(5,6)7/h9-11,13,20H,12H2,1-8H3. The van der Waals surface area contributed by atoms with Crippen molar-refractivity contribution in [2.24, 2.45) is 5.41 Å². The molecular formula is C18H31ClN2. The number of hydrogen-bond acceptors (Lipinski definition) is 2.